The Kier molecular flexibility index (Phi) is 5.98. The van der Waals surface area contributed by atoms with E-state index in [4.69, 9.17) is 11.6 Å². The fourth-order valence-electron chi connectivity index (χ4n) is 2.46. The van der Waals surface area contributed by atoms with Crippen LogP contribution in [0.3, 0.4) is 0 Å². The first-order valence-corrected chi connectivity index (χ1v) is 9.68. The summed E-state index contributed by atoms with van der Waals surface area (Å²) in [7, 11) is 0. The average Bonchev–Trinajstić information content (AvgIpc) is 3.08. The van der Waals surface area contributed by atoms with Crippen molar-refractivity contribution in [1.29, 1.82) is 0 Å². The summed E-state index contributed by atoms with van der Waals surface area (Å²) in [6.07, 6.45) is 2.87. The van der Waals surface area contributed by atoms with Gasteiger partial charge >= 0.3 is 0 Å². The normalized spacial score (nSPS) is 10.8. The highest BCUT2D eigenvalue weighted by Crippen LogP contribution is 2.20. The lowest BCUT2D eigenvalue weighted by Crippen LogP contribution is -2.27. The quantitative estimate of drug-likeness (QED) is 0.678. The molecular formula is C18H18ClN5O2S. The van der Waals surface area contributed by atoms with E-state index >= 15 is 0 Å². The highest BCUT2D eigenvalue weighted by atomic mass is 35.5. The number of halogens is 1. The van der Waals surface area contributed by atoms with E-state index in [1.807, 2.05) is 0 Å². The van der Waals surface area contributed by atoms with Crippen LogP contribution in [0, 0.1) is 6.92 Å². The number of rotatable bonds is 6. The van der Waals surface area contributed by atoms with Crippen LogP contribution in [0.15, 0.2) is 35.1 Å². The van der Waals surface area contributed by atoms with Gasteiger partial charge in [-0.3, -0.25) is 14.9 Å². The molecule has 0 aliphatic heterocycles. The summed E-state index contributed by atoms with van der Waals surface area (Å²) in [5.74, 6) is -0.626. The van der Waals surface area contributed by atoms with Gasteiger partial charge in [-0.25, -0.2) is 4.68 Å². The van der Waals surface area contributed by atoms with Gasteiger partial charge in [-0.05, 0) is 25.5 Å². The fourth-order valence-corrected chi connectivity index (χ4v) is 3.45. The third-order valence-corrected chi connectivity index (χ3v) is 5.05. The Morgan fingerprint density at radius 1 is 1.30 bits per heavy atom. The van der Waals surface area contributed by atoms with Crippen LogP contribution in [0.2, 0.25) is 5.02 Å². The minimum absolute atomic E-state index is 0.231. The number of hydrogen-bond donors (Lipinski definition) is 1. The zero-order chi connectivity index (χ0) is 19.4. The van der Waals surface area contributed by atoms with Crippen molar-refractivity contribution in [2.75, 3.05) is 5.32 Å². The Labute approximate surface area is 165 Å². The Bertz CT molecular complexity index is 1030. The second-order valence-corrected chi connectivity index (χ2v) is 7.39. The topological polar surface area (TPSA) is 89.8 Å². The number of nitrogens with one attached hydrogen (secondary N) is 1. The van der Waals surface area contributed by atoms with Crippen molar-refractivity contribution < 1.29 is 4.79 Å². The van der Waals surface area contributed by atoms with E-state index < -0.39 is 11.3 Å². The number of hydrogen-bond acceptors (Lipinski definition) is 6. The monoisotopic (exact) mass is 403 g/mol. The molecule has 140 valence electrons. The Morgan fingerprint density at radius 3 is 2.81 bits per heavy atom. The maximum Gasteiger partial charge on any atom is 0.282 e. The molecule has 0 bridgehead atoms. The van der Waals surface area contributed by atoms with Gasteiger partial charge in [0.15, 0.2) is 5.69 Å². The van der Waals surface area contributed by atoms with Crippen molar-refractivity contribution >= 4 is 34.0 Å². The zero-order valence-corrected chi connectivity index (χ0v) is 16.5. The van der Waals surface area contributed by atoms with Crippen LogP contribution in [0.25, 0.3) is 5.69 Å². The van der Waals surface area contributed by atoms with Crippen LogP contribution in [0.5, 0.6) is 0 Å². The third kappa shape index (κ3) is 4.40. The molecule has 0 radical (unpaired) electrons. The molecule has 1 amide bonds. The van der Waals surface area contributed by atoms with Crippen LogP contribution < -0.4 is 10.7 Å². The predicted octanol–water partition coefficient (Wildman–Crippen LogP) is 3.64. The molecule has 0 saturated carbocycles. The number of nitrogens with zero attached hydrogens (tertiary/aromatic N) is 4. The van der Waals surface area contributed by atoms with E-state index in [9.17, 15) is 9.59 Å². The number of anilines is 1. The maximum absolute atomic E-state index is 12.6. The maximum atomic E-state index is 12.6. The lowest BCUT2D eigenvalue weighted by molar-refractivity contribution is 0.101. The molecule has 2 heterocycles. The molecule has 3 aromatic rings. The number of aromatic nitrogens is 4. The summed E-state index contributed by atoms with van der Waals surface area (Å²) in [5.41, 5.74) is 0.459. The van der Waals surface area contributed by atoms with E-state index in [1.54, 1.807) is 31.2 Å². The SMILES string of the molecule is CCCCc1nnc(NC(=O)c2nn(-c3ccccc3Cl)c(C)cc2=O)s1. The molecular weight excluding hydrogens is 386 g/mol. The van der Waals surface area contributed by atoms with E-state index in [-0.39, 0.29) is 5.69 Å². The number of unbranched alkanes of at least 4 members (excludes halogenated alkanes) is 1. The highest BCUT2D eigenvalue weighted by Gasteiger charge is 2.18. The third-order valence-electron chi connectivity index (χ3n) is 3.83. The van der Waals surface area contributed by atoms with E-state index in [0.717, 1.165) is 24.3 Å². The molecule has 3 rings (SSSR count). The highest BCUT2D eigenvalue weighted by molar-refractivity contribution is 7.15. The standard InChI is InChI=1S/C18H18ClN5O2S/c1-3-4-9-15-21-22-18(27-15)20-17(26)16-14(25)10-11(2)24(23-16)13-8-6-5-7-12(13)19/h5-8,10H,3-4,9H2,1-2H3,(H,20,22,26). The summed E-state index contributed by atoms with van der Waals surface area (Å²) in [4.78, 5) is 24.8. The van der Waals surface area contributed by atoms with Gasteiger partial charge in [0.25, 0.3) is 5.91 Å². The Balaban J connectivity index is 1.89. The molecule has 1 N–H and O–H groups in total. The van der Waals surface area contributed by atoms with Crippen molar-refractivity contribution in [3.8, 4) is 5.69 Å². The fraction of sp³-hybridized carbons (Fsp3) is 0.278. The van der Waals surface area contributed by atoms with Gasteiger partial charge in [0.1, 0.15) is 5.01 Å². The number of amides is 1. The number of aryl methyl sites for hydroxylation is 2. The minimum atomic E-state index is -0.626. The molecule has 7 nitrogen and oxygen atoms in total. The molecule has 0 fully saturated rings. The molecule has 0 unspecified atom stereocenters. The van der Waals surface area contributed by atoms with Crippen LogP contribution in [-0.2, 0) is 6.42 Å². The van der Waals surface area contributed by atoms with Gasteiger partial charge in [-0.1, -0.05) is 48.4 Å². The first-order chi connectivity index (χ1) is 13.0. The van der Waals surface area contributed by atoms with Crippen LogP contribution in [0.4, 0.5) is 5.13 Å². The molecule has 0 spiro atoms. The smallest absolute Gasteiger partial charge is 0.282 e. The Hall–Kier alpha value is -2.58. The summed E-state index contributed by atoms with van der Waals surface area (Å²) in [5, 5.41) is 16.5. The number of para-hydroxylation sites is 1. The second kappa shape index (κ2) is 8.41. The summed E-state index contributed by atoms with van der Waals surface area (Å²) >= 11 is 7.52. The first kappa shape index (κ1) is 19.2. The molecule has 0 saturated heterocycles. The summed E-state index contributed by atoms with van der Waals surface area (Å²) < 4.78 is 1.48. The first-order valence-electron chi connectivity index (χ1n) is 8.49. The van der Waals surface area contributed by atoms with Gasteiger partial charge in [-0.2, -0.15) is 5.10 Å². The molecule has 1 aromatic carbocycles. The predicted molar refractivity (Wildman–Crippen MR) is 106 cm³/mol. The average molecular weight is 404 g/mol. The lowest BCUT2D eigenvalue weighted by Gasteiger charge is -2.12. The number of benzene rings is 1. The molecule has 0 aliphatic rings. The van der Waals surface area contributed by atoms with E-state index in [2.05, 4.69) is 27.5 Å². The van der Waals surface area contributed by atoms with Gasteiger partial charge < -0.3 is 0 Å². The van der Waals surface area contributed by atoms with Crippen LogP contribution >= 0.6 is 22.9 Å². The van der Waals surface area contributed by atoms with Gasteiger partial charge in [0, 0.05) is 18.2 Å². The van der Waals surface area contributed by atoms with Crippen molar-refractivity contribution in [1.82, 2.24) is 20.0 Å². The van der Waals surface area contributed by atoms with Gasteiger partial charge in [0.05, 0.1) is 10.7 Å². The molecule has 27 heavy (non-hydrogen) atoms. The van der Waals surface area contributed by atoms with Gasteiger partial charge in [-0.15, -0.1) is 10.2 Å². The lowest BCUT2D eigenvalue weighted by atomic mass is 10.2. The van der Waals surface area contributed by atoms with Crippen LogP contribution in [-0.4, -0.2) is 25.9 Å². The van der Waals surface area contributed by atoms with E-state index in [0.29, 0.717) is 21.5 Å². The Morgan fingerprint density at radius 2 is 2.07 bits per heavy atom. The van der Waals surface area contributed by atoms with Crippen molar-refractivity contribution in [3.63, 3.8) is 0 Å². The molecule has 9 heteroatoms. The molecule has 0 atom stereocenters. The minimum Gasteiger partial charge on any atom is -0.295 e. The van der Waals surface area contributed by atoms with Crippen molar-refractivity contribution in [2.45, 2.75) is 33.1 Å². The summed E-state index contributed by atoms with van der Waals surface area (Å²) in [6, 6.07) is 8.44. The molecule has 0 aliphatic carbocycles. The van der Waals surface area contributed by atoms with E-state index in [1.165, 1.54) is 22.1 Å². The number of carbonyl (C=O) groups excluding carboxylic acids is 1. The van der Waals surface area contributed by atoms with Gasteiger partial charge in [0.2, 0.25) is 10.6 Å². The van der Waals surface area contributed by atoms with Crippen molar-refractivity contribution in [2.24, 2.45) is 0 Å². The summed E-state index contributed by atoms with van der Waals surface area (Å²) in [6.45, 7) is 3.82. The molecule has 2 aromatic heterocycles. The largest absolute Gasteiger partial charge is 0.295 e. The zero-order valence-electron chi connectivity index (χ0n) is 14.9. The van der Waals surface area contributed by atoms with Crippen molar-refractivity contribution in [3.05, 3.63) is 62.0 Å². The second-order valence-electron chi connectivity index (χ2n) is 5.92. The van der Waals surface area contributed by atoms with Crippen LogP contribution in [0.1, 0.15) is 41.0 Å². The number of carbonyl (C=O) groups is 1.